The maximum absolute atomic E-state index is 4.40. The molecule has 1 saturated heterocycles. The van der Waals surface area contributed by atoms with E-state index >= 15 is 0 Å². The van der Waals surface area contributed by atoms with Crippen molar-refractivity contribution in [3.63, 3.8) is 0 Å². The van der Waals surface area contributed by atoms with Gasteiger partial charge in [-0.25, -0.2) is 0 Å². The van der Waals surface area contributed by atoms with Gasteiger partial charge in [-0.3, -0.25) is 10.00 Å². The number of aromatic nitrogens is 2. The van der Waals surface area contributed by atoms with Crippen molar-refractivity contribution in [2.45, 2.75) is 13.0 Å². The Kier molecular flexibility index (Phi) is 4.58. The van der Waals surface area contributed by atoms with Gasteiger partial charge in [0.05, 0.1) is 11.2 Å². The smallest absolute Gasteiger partial charge is 0.0924 e. The van der Waals surface area contributed by atoms with E-state index < -0.39 is 0 Å². The van der Waals surface area contributed by atoms with Gasteiger partial charge in [0.2, 0.25) is 0 Å². The molecule has 1 N–H and O–H groups in total. The van der Waals surface area contributed by atoms with Gasteiger partial charge in [0, 0.05) is 44.7 Å². The average Bonchev–Trinajstić information content (AvgIpc) is 3.05. The molecule has 0 radical (unpaired) electrons. The van der Waals surface area contributed by atoms with Crippen LogP contribution in [0.25, 0.3) is 10.9 Å². The number of H-pyrrole nitrogens is 1. The first-order valence-electron chi connectivity index (χ1n) is 8.79. The first-order chi connectivity index (χ1) is 11.9. The molecule has 0 unspecified atom stereocenters. The Morgan fingerprint density at radius 3 is 2.38 bits per heavy atom. The van der Waals surface area contributed by atoms with E-state index in [1.165, 1.54) is 16.6 Å². The second-order valence-electron chi connectivity index (χ2n) is 6.57. The third-order valence-corrected chi connectivity index (χ3v) is 4.95. The first-order valence-corrected chi connectivity index (χ1v) is 8.79. The summed E-state index contributed by atoms with van der Waals surface area (Å²) in [5.74, 6) is 0. The van der Waals surface area contributed by atoms with E-state index in [9.17, 15) is 0 Å². The predicted molar refractivity (Wildman–Crippen MR) is 98.0 cm³/mol. The molecule has 1 fully saturated rings. The lowest BCUT2D eigenvalue weighted by atomic mass is 10.1. The van der Waals surface area contributed by atoms with Crippen LogP contribution in [0.4, 0.5) is 0 Å². The molecule has 0 atom stereocenters. The lowest BCUT2D eigenvalue weighted by Gasteiger charge is -2.34. The predicted octanol–water partition coefficient (Wildman–Crippen LogP) is 2.92. The lowest BCUT2D eigenvalue weighted by Crippen LogP contribution is -2.46. The van der Waals surface area contributed by atoms with E-state index in [0.29, 0.717) is 0 Å². The summed E-state index contributed by atoms with van der Waals surface area (Å²) in [6.07, 6.45) is 1.14. The van der Waals surface area contributed by atoms with Gasteiger partial charge in [-0.05, 0) is 18.1 Å². The fourth-order valence-corrected chi connectivity index (χ4v) is 3.46. The minimum absolute atomic E-state index is 0.965. The number of nitrogens with zero attached hydrogens (tertiary/aromatic N) is 3. The molecule has 0 aliphatic carbocycles. The summed E-state index contributed by atoms with van der Waals surface area (Å²) in [6, 6.07) is 19.1. The fourth-order valence-electron chi connectivity index (χ4n) is 3.46. The number of fused-ring (bicyclic) bond motifs is 1. The molecule has 0 bridgehead atoms. The van der Waals surface area contributed by atoms with E-state index in [4.69, 9.17) is 0 Å². The highest BCUT2D eigenvalue weighted by atomic mass is 15.3. The zero-order chi connectivity index (χ0) is 16.2. The van der Waals surface area contributed by atoms with Gasteiger partial charge in [-0.15, -0.1) is 0 Å². The van der Waals surface area contributed by atoms with Crippen molar-refractivity contribution < 1.29 is 0 Å². The second-order valence-corrected chi connectivity index (χ2v) is 6.57. The van der Waals surface area contributed by atoms with Crippen LogP contribution in [0.3, 0.4) is 0 Å². The number of para-hydroxylation sites is 1. The topological polar surface area (TPSA) is 35.2 Å². The monoisotopic (exact) mass is 320 g/mol. The van der Waals surface area contributed by atoms with E-state index in [1.807, 2.05) is 6.07 Å². The molecule has 124 valence electrons. The average molecular weight is 320 g/mol. The van der Waals surface area contributed by atoms with Crippen LogP contribution in [0.5, 0.6) is 0 Å². The normalized spacial score (nSPS) is 16.7. The number of piperazine rings is 1. The zero-order valence-electron chi connectivity index (χ0n) is 14.0. The van der Waals surface area contributed by atoms with Gasteiger partial charge in [-0.1, -0.05) is 48.5 Å². The van der Waals surface area contributed by atoms with E-state index in [-0.39, 0.29) is 0 Å². The molecule has 0 spiro atoms. The maximum atomic E-state index is 4.40. The highest BCUT2D eigenvalue weighted by molar-refractivity contribution is 5.81. The number of benzene rings is 2. The molecule has 1 aliphatic rings. The molecule has 1 aromatic heterocycles. The molecule has 2 heterocycles. The number of nitrogens with one attached hydrogen (secondary N) is 1. The highest BCUT2D eigenvalue weighted by Crippen LogP contribution is 2.17. The quantitative estimate of drug-likeness (QED) is 0.785. The van der Waals surface area contributed by atoms with Crippen molar-refractivity contribution in [2.24, 2.45) is 0 Å². The molecule has 0 amide bonds. The summed E-state index contributed by atoms with van der Waals surface area (Å²) in [7, 11) is 0. The Bertz CT molecular complexity index is 772. The van der Waals surface area contributed by atoms with E-state index in [2.05, 4.69) is 68.5 Å². The van der Waals surface area contributed by atoms with Crippen LogP contribution >= 0.6 is 0 Å². The Morgan fingerprint density at radius 2 is 1.54 bits per heavy atom. The number of hydrogen-bond donors (Lipinski definition) is 1. The van der Waals surface area contributed by atoms with Crippen molar-refractivity contribution in [1.82, 2.24) is 20.0 Å². The molecular weight excluding hydrogens is 296 g/mol. The third-order valence-electron chi connectivity index (χ3n) is 4.95. The number of hydrogen-bond acceptors (Lipinski definition) is 3. The van der Waals surface area contributed by atoms with Crippen molar-refractivity contribution in [1.29, 1.82) is 0 Å². The zero-order valence-corrected chi connectivity index (χ0v) is 14.0. The summed E-state index contributed by atoms with van der Waals surface area (Å²) >= 11 is 0. The molecule has 0 saturated carbocycles. The van der Waals surface area contributed by atoms with Crippen LogP contribution in [0, 0.1) is 0 Å². The minimum atomic E-state index is 0.965. The van der Waals surface area contributed by atoms with Crippen LogP contribution in [0.1, 0.15) is 11.3 Å². The third kappa shape index (κ3) is 3.50. The standard InChI is InChI=1S/C20H24N4/c1-2-6-17(7-3-1)10-11-23-12-14-24(15-13-23)16-20-18-8-4-5-9-19(18)21-22-20/h1-9H,10-16H2,(H,21,22). The van der Waals surface area contributed by atoms with E-state index in [1.54, 1.807) is 0 Å². The summed E-state index contributed by atoms with van der Waals surface area (Å²) in [6.45, 7) is 6.68. The van der Waals surface area contributed by atoms with E-state index in [0.717, 1.165) is 51.2 Å². The number of aromatic amines is 1. The lowest BCUT2D eigenvalue weighted by molar-refractivity contribution is 0.127. The Balaban J connectivity index is 1.28. The van der Waals surface area contributed by atoms with Gasteiger partial charge in [0.1, 0.15) is 0 Å². The van der Waals surface area contributed by atoms with Crippen LogP contribution in [-0.4, -0.2) is 52.7 Å². The largest absolute Gasteiger partial charge is 0.300 e. The molecule has 1 aliphatic heterocycles. The van der Waals surface area contributed by atoms with Crippen molar-refractivity contribution >= 4 is 10.9 Å². The van der Waals surface area contributed by atoms with Gasteiger partial charge >= 0.3 is 0 Å². The van der Waals surface area contributed by atoms with Crippen LogP contribution in [0.15, 0.2) is 54.6 Å². The van der Waals surface area contributed by atoms with Crippen molar-refractivity contribution in [2.75, 3.05) is 32.7 Å². The summed E-state index contributed by atoms with van der Waals surface area (Å²) in [5, 5.41) is 8.87. The van der Waals surface area contributed by atoms with Gasteiger partial charge in [-0.2, -0.15) is 5.10 Å². The summed E-state index contributed by atoms with van der Waals surface area (Å²) in [5.41, 5.74) is 3.74. The van der Waals surface area contributed by atoms with Gasteiger partial charge < -0.3 is 4.90 Å². The molecule has 4 nitrogen and oxygen atoms in total. The van der Waals surface area contributed by atoms with Crippen molar-refractivity contribution in [3.8, 4) is 0 Å². The molecule has 4 heteroatoms. The van der Waals surface area contributed by atoms with Crippen molar-refractivity contribution in [3.05, 3.63) is 65.9 Å². The van der Waals surface area contributed by atoms with Crippen LogP contribution < -0.4 is 0 Å². The highest BCUT2D eigenvalue weighted by Gasteiger charge is 2.18. The van der Waals surface area contributed by atoms with Gasteiger partial charge in [0.25, 0.3) is 0 Å². The van der Waals surface area contributed by atoms with Gasteiger partial charge in [0.15, 0.2) is 0 Å². The minimum Gasteiger partial charge on any atom is -0.300 e. The number of rotatable bonds is 5. The molecule has 2 aromatic carbocycles. The Labute approximate surface area is 143 Å². The maximum Gasteiger partial charge on any atom is 0.0924 e. The molecular formula is C20H24N4. The Morgan fingerprint density at radius 1 is 0.833 bits per heavy atom. The molecule has 4 rings (SSSR count). The second kappa shape index (κ2) is 7.16. The summed E-state index contributed by atoms with van der Waals surface area (Å²) in [4.78, 5) is 5.10. The van der Waals surface area contributed by atoms with Crippen LogP contribution in [-0.2, 0) is 13.0 Å². The molecule has 24 heavy (non-hydrogen) atoms. The fraction of sp³-hybridized carbons (Fsp3) is 0.350. The SMILES string of the molecule is c1ccc(CCN2CCN(Cc3[nH]nc4ccccc34)CC2)cc1. The molecule has 3 aromatic rings. The summed E-state index contributed by atoms with van der Waals surface area (Å²) < 4.78 is 0. The first kappa shape index (κ1) is 15.4. The van der Waals surface area contributed by atoms with Crippen LogP contribution in [0.2, 0.25) is 0 Å². The Hall–Kier alpha value is -2.17.